The van der Waals surface area contributed by atoms with E-state index in [0.717, 1.165) is 0 Å². The minimum atomic E-state index is -1.29. The van der Waals surface area contributed by atoms with Gasteiger partial charge in [0.1, 0.15) is 0 Å². The van der Waals surface area contributed by atoms with Gasteiger partial charge in [0.2, 0.25) is 5.91 Å². The summed E-state index contributed by atoms with van der Waals surface area (Å²) in [7, 11) is 1.39. The van der Waals surface area contributed by atoms with E-state index in [9.17, 15) is 9.59 Å². The first kappa shape index (κ1) is 14.2. The molecule has 0 aliphatic rings. The molecule has 2 atom stereocenters. The van der Waals surface area contributed by atoms with Crippen LogP contribution in [0.25, 0.3) is 0 Å². The molecule has 0 fully saturated rings. The fourth-order valence-electron chi connectivity index (χ4n) is 1.59. The van der Waals surface area contributed by atoms with E-state index in [2.05, 4.69) is 5.32 Å². The quantitative estimate of drug-likeness (QED) is 0.845. The van der Waals surface area contributed by atoms with Gasteiger partial charge in [-0.1, -0.05) is 30.7 Å². The number of carbonyl (C=O) groups excluding carboxylic acids is 2. The van der Waals surface area contributed by atoms with Gasteiger partial charge in [-0.3, -0.25) is 9.59 Å². The third kappa shape index (κ3) is 3.08. The first-order valence-corrected chi connectivity index (χ1v) is 5.79. The van der Waals surface area contributed by atoms with Crippen molar-refractivity contribution in [2.75, 3.05) is 7.05 Å². The Kier molecular flexibility index (Phi) is 4.87. The molecule has 0 saturated heterocycles. The molecule has 94 valence electrons. The summed E-state index contributed by atoms with van der Waals surface area (Å²) in [5, 5.41) is 11.7. The number of hydrogen-bond acceptors (Lipinski definition) is 3. The average Bonchev–Trinajstić information content (AvgIpc) is 2.38. The van der Waals surface area contributed by atoms with E-state index in [4.69, 9.17) is 16.9 Å². The molecule has 0 aliphatic carbocycles. The fraction of sp³-hybridized carbons (Fsp3) is 0.308. The maximum Gasteiger partial charge on any atom is 0.244 e. The number of Topliss-reactive ketones (excluding diaryl/α,β-unsaturated/α-hetero) is 1. The predicted octanol–water partition coefficient (Wildman–Crippen LogP) is 1.90. The van der Waals surface area contributed by atoms with Crippen molar-refractivity contribution in [2.24, 2.45) is 5.92 Å². The van der Waals surface area contributed by atoms with Gasteiger partial charge in [-0.25, -0.2) is 0 Å². The molecule has 1 rings (SSSR count). The maximum absolute atomic E-state index is 12.1. The van der Waals surface area contributed by atoms with Crippen LogP contribution in [0, 0.1) is 17.2 Å². The Labute approximate surface area is 111 Å². The molecule has 0 spiro atoms. The summed E-state index contributed by atoms with van der Waals surface area (Å²) in [6.07, 6.45) is 0. The van der Waals surface area contributed by atoms with Crippen LogP contribution >= 0.6 is 11.6 Å². The molecule has 0 aromatic heterocycles. The summed E-state index contributed by atoms with van der Waals surface area (Å²) >= 11 is 5.84. The molecule has 4 nitrogen and oxygen atoms in total. The van der Waals surface area contributed by atoms with Crippen LogP contribution < -0.4 is 5.32 Å². The van der Waals surface area contributed by atoms with Gasteiger partial charge in [-0.05, 0) is 17.7 Å². The highest BCUT2D eigenvalue weighted by Gasteiger charge is 2.30. The van der Waals surface area contributed by atoms with Gasteiger partial charge in [0.05, 0.1) is 6.07 Å². The largest absolute Gasteiger partial charge is 0.358 e. The zero-order valence-corrected chi connectivity index (χ0v) is 10.9. The van der Waals surface area contributed by atoms with E-state index < -0.39 is 23.5 Å². The van der Waals surface area contributed by atoms with E-state index in [1.165, 1.54) is 7.05 Å². The Hall–Kier alpha value is -1.86. The number of halogens is 1. The normalized spacial score (nSPS) is 13.2. The zero-order chi connectivity index (χ0) is 13.7. The number of rotatable bonds is 4. The summed E-state index contributed by atoms with van der Waals surface area (Å²) in [5.41, 5.74) is 0.691. The van der Waals surface area contributed by atoms with E-state index >= 15 is 0 Å². The lowest BCUT2D eigenvalue weighted by atomic mass is 9.89. The molecule has 18 heavy (non-hydrogen) atoms. The van der Waals surface area contributed by atoms with Crippen molar-refractivity contribution in [3.8, 4) is 6.07 Å². The van der Waals surface area contributed by atoms with Crippen LogP contribution in [0.3, 0.4) is 0 Å². The van der Waals surface area contributed by atoms with E-state index in [0.29, 0.717) is 10.6 Å². The van der Waals surface area contributed by atoms with Gasteiger partial charge >= 0.3 is 0 Å². The Morgan fingerprint density at radius 1 is 1.44 bits per heavy atom. The Balaban J connectivity index is 2.97. The molecule has 1 N–H and O–H groups in total. The molecular formula is C13H13ClN2O2. The van der Waals surface area contributed by atoms with Gasteiger partial charge in [0.25, 0.3) is 0 Å². The fourth-order valence-corrected chi connectivity index (χ4v) is 1.78. The van der Waals surface area contributed by atoms with Crippen molar-refractivity contribution < 1.29 is 9.59 Å². The van der Waals surface area contributed by atoms with Crippen molar-refractivity contribution in [3.05, 3.63) is 34.9 Å². The van der Waals surface area contributed by atoms with Gasteiger partial charge in [0.15, 0.2) is 11.7 Å². The number of nitrogens with zero attached hydrogens (tertiary/aromatic N) is 1. The lowest BCUT2D eigenvalue weighted by Gasteiger charge is -2.14. The lowest BCUT2D eigenvalue weighted by Crippen LogP contribution is -2.34. The molecule has 0 radical (unpaired) electrons. The SMILES string of the molecule is CNC(=O)C(C#N)C(=O)C(C)c1cccc(Cl)c1. The van der Waals surface area contributed by atoms with Crippen LogP contribution in [0.1, 0.15) is 18.4 Å². The molecule has 0 saturated carbocycles. The summed E-state index contributed by atoms with van der Waals surface area (Å²) in [4.78, 5) is 23.5. The highest BCUT2D eigenvalue weighted by atomic mass is 35.5. The smallest absolute Gasteiger partial charge is 0.244 e. The number of ketones is 1. The third-order valence-corrected chi connectivity index (χ3v) is 2.93. The lowest BCUT2D eigenvalue weighted by molar-refractivity contribution is -0.132. The molecule has 0 bridgehead atoms. The number of carbonyl (C=O) groups is 2. The summed E-state index contributed by atoms with van der Waals surface area (Å²) < 4.78 is 0. The number of hydrogen-bond donors (Lipinski definition) is 1. The number of nitrogens with one attached hydrogen (secondary N) is 1. The van der Waals surface area contributed by atoms with E-state index in [-0.39, 0.29) is 0 Å². The van der Waals surface area contributed by atoms with Crippen molar-refractivity contribution in [1.82, 2.24) is 5.32 Å². The summed E-state index contributed by atoms with van der Waals surface area (Å²) in [5.74, 6) is -2.86. The molecule has 1 amide bonds. The first-order chi connectivity index (χ1) is 8.51. The second kappa shape index (κ2) is 6.18. The summed E-state index contributed by atoms with van der Waals surface area (Å²) in [6, 6.07) is 8.54. The molecule has 2 unspecified atom stereocenters. The van der Waals surface area contributed by atoms with Gasteiger partial charge < -0.3 is 5.32 Å². The summed E-state index contributed by atoms with van der Waals surface area (Å²) in [6.45, 7) is 1.65. The van der Waals surface area contributed by atoms with Gasteiger partial charge in [-0.15, -0.1) is 0 Å². The van der Waals surface area contributed by atoms with Crippen molar-refractivity contribution in [3.63, 3.8) is 0 Å². The van der Waals surface area contributed by atoms with Crippen LogP contribution in [0.15, 0.2) is 24.3 Å². The molecule has 1 aromatic carbocycles. The molecular weight excluding hydrogens is 252 g/mol. The highest BCUT2D eigenvalue weighted by Crippen LogP contribution is 2.22. The minimum absolute atomic E-state index is 0.431. The van der Waals surface area contributed by atoms with Crippen LogP contribution in [0.5, 0.6) is 0 Å². The Morgan fingerprint density at radius 2 is 2.11 bits per heavy atom. The number of nitriles is 1. The average molecular weight is 265 g/mol. The van der Waals surface area contributed by atoms with Crippen LogP contribution in [-0.2, 0) is 9.59 Å². The molecule has 5 heteroatoms. The maximum atomic E-state index is 12.1. The third-order valence-electron chi connectivity index (χ3n) is 2.70. The molecule has 0 heterocycles. The van der Waals surface area contributed by atoms with Crippen molar-refractivity contribution in [1.29, 1.82) is 5.26 Å². The van der Waals surface area contributed by atoms with E-state index in [1.54, 1.807) is 37.3 Å². The predicted molar refractivity (Wildman–Crippen MR) is 68.0 cm³/mol. The van der Waals surface area contributed by atoms with Crippen LogP contribution in [0.2, 0.25) is 5.02 Å². The number of benzene rings is 1. The minimum Gasteiger partial charge on any atom is -0.358 e. The molecule has 1 aromatic rings. The van der Waals surface area contributed by atoms with Crippen molar-refractivity contribution >= 4 is 23.3 Å². The topological polar surface area (TPSA) is 70.0 Å². The van der Waals surface area contributed by atoms with Gasteiger partial charge in [0, 0.05) is 18.0 Å². The monoisotopic (exact) mass is 264 g/mol. The van der Waals surface area contributed by atoms with Crippen molar-refractivity contribution in [2.45, 2.75) is 12.8 Å². The Bertz CT molecular complexity index is 508. The highest BCUT2D eigenvalue weighted by molar-refractivity contribution is 6.30. The van der Waals surface area contributed by atoms with Crippen LogP contribution in [-0.4, -0.2) is 18.7 Å². The second-order valence-corrected chi connectivity index (χ2v) is 4.29. The zero-order valence-electron chi connectivity index (χ0n) is 10.1. The molecule has 0 aliphatic heterocycles. The number of amides is 1. The van der Waals surface area contributed by atoms with E-state index in [1.807, 2.05) is 0 Å². The first-order valence-electron chi connectivity index (χ1n) is 5.41. The standard InChI is InChI=1S/C13H13ClN2O2/c1-8(9-4-3-5-10(14)6-9)12(17)11(7-15)13(18)16-2/h3-6,8,11H,1-2H3,(H,16,18). The second-order valence-electron chi connectivity index (χ2n) is 3.86. The Morgan fingerprint density at radius 3 is 2.61 bits per heavy atom. The van der Waals surface area contributed by atoms with Crippen LogP contribution in [0.4, 0.5) is 0 Å². The van der Waals surface area contributed by atoms with Gasteiger partial charge in [-0.2, -0.15) is 5.26 Å².